The van der Waals surface area contributed by atoms with Gasteiger partial charge in [0.15, 0.2) is 0 Å². The maximum absolute atomic E-state index is 12.7. The summed E-state index contributed by atoms with van der Waals surface area (Å²) in [4.78, 5) is 12.6. The highest BCUT2D eigenvalue weighted by Crippen LogP contribution is 2.25. The molecule has 3 aromatic heterocycles. The summed E-state index contributed by atoms with van der Waals surface area (Å²) in [5.41, 5.74) is 10.4. The monoisotopic (exact) mass is 332 g/mol. The van der Waals surface area contributed by atoms with Crippen LogP contribution in [0.1, 0.15) is 29.4 Å². The molecule has 0 saturated carbocycles. The van der Waals surface area contributed by atoms with E-state index in [2.05, 4.69) is 26.8 Å². The van der Waals surface area contributed by atoms with Crippen LogP contribution >= 0.6 is 0 Å². The summed E-state index contributed by atoms with van der Waals surface area (Å²) in [6.45, 7) is 1.46. The summed E-state index contributed by atoms with van der Waals surface area (Å²) < 4.78 is 12.7. The Bertz CT molecular complexity index is 923. The molecule has 124 valence electrons. The van der Waals surface area contributed by atoms with E-state index < -0.39 is 6.67 Å². The number of halogens is 1. The first-order chi connectivity index (χ1) is 12.2. The molecule has 0 saturated heterocycles. The van der Waals surface area contributed by atoms with Crippen LogP contribution in [0.2, 0.25) is 0 Å². The molecule has 5 heteroatoms. The fourth-order valence-corrected chi connectivity index (χ4v) is 2.43. The van der Waals surface area contributed by atoms with Crippen LogP contribution in [0.5, 0.6) is 0 Å². The molecule has 0 radical (unpaired) electrons. The number of aromatic nitrogens is 3. The Hall–Kier alpha value is -3.26. The Morgan fingerprint density at radius 2 is 1.88 bits per heavy atom. The highest BCUT2D eigenvalue weighted by molar-refractivity contribution is 5.71. The number of anilines is 1. The number of hydrogen-bond donors (Lipinski definition) is 1. The van der Waals surface area contributed by atoms with Crippen LogP contribution in [0.4, 0.5) is 10.2 Å². The third-order valence-corrected chi connectivity index (χ3v) is 3.76. The molecule has 3 rings (SSSR count). The smallest absolute Gasteiger partial charge is 0.131 e. The van der Waals surface area contributed by atoms with Crippen molar-refractivity contribution in [3.8, 4) is 23.0 Å². The minimum absolute atomic E-state index is 0.411. The molecular weight excluding hydrogens is 315 g/mol. The summed E-state index contributed by atoms with van der Waals surface area (Å²) in [5, 5.41) is 0. The minimum Gasteiger partial charge on any atom is -0.384 e. The van der Waals surface area contributed by atoms with E-state index in [1.165, 1.54) is 0 Å². The fourth-order valence-electron chi connectivity index (χ4n) is 2.43. The van der Waals surface area contributed by atoms with E-state index in [0.29, 0.717) is 11.5 Å². The molecular formula is C20H17FN4. The topological polar surface area (TPSA) is 64.7 Å². The van der Waals surface area contributed by atoms with E-state index in [1.807, 2.05) is 25.1 Å². The lowest BCUT2D eigenvalue weighted by molar-refractivity contribution is 0.476. The number of nitrogen functional groups attached to an aromatic ring is 1. The van der Waals surface area contributed by atoms with Gasteiger partial charge in [-0.2, -0.15) is 0 Å². The Morgan fingerprint density at radius 3 is 2.52 bits per heavy atom. The van der Waals surface area contributed by atoms with Gasteiger partial charge < -0.3 is 5.73 Å². The van der Waals surface area contributed by atoms with Crippen LogP contribution in [0.15, 0.2) is 48.9 Å². The number of hydrogen-bond acceptors (Lipinski definition) is 4. The summed E-state index contributed by atoms with van der Waals surface area (Å²) in [6.07, 6.45) is 5.82. The first kappa shape index (κ1) is 16.6. The Balaban J connectivity index is 2.06. The molecule has 0 aliphatic rings. The zero-order valence-corrected chi connectivity index (χ0v) is 13.8. The predicted molar refractivity (Wildman–Crippen MR) is 96.3 cm³/mol. The highest BCUT2D eigenvalue weighted by atomic mass is 19.1. The molecule has 0 aliphatic carbocycles. The van der Waals surface area contributed by atoms with Crippen molar-refractivity contribution in [3.05, 3.63) is 71.4 Å². The number of nitrogens with zero attached hydrogens (tertiary/aromatic N) is 3. The Labute approximate surface area is 146 Å². The van der Waals surface area contributed by atoms with Crippen LogP contribution in [-0.2, 0) is 13.1 Å². The molecule has 0 aliphatic heterocycles. The number of pyridine rings is 3. The first-order valence-corrected chi connectivity index (χ1v) is 7.94. The number of aryl methyl sites for hydroxylation is 1. The first-order valence-electron chi connectivity index (χ1n) is 7.94. The number of rotatable bonds is 3. The van der Waals surface area contributed by atoms with E-state index in [-0.39, 0.29) is 0 Å². The molecule has 0 bridgehead atoms. The second-order valence-corrected chi connectivity index (χ2v) is 5.43. The van der Waals surface area contributed by atoms with E-state index in [0.717, 1.165) is 34.4 Å². The van der Waals surface area contributed by atoms with Gasteiger partial charge in [-0.05, 0) is 30.7 Å². The lowest BCUT2D eigenvalue weighted by Crippen LogP contribution is -1.97. The molecule has 0 atom stereocenters. The summed E-state index contributed by atoms with van der Waals surface area (Å²) in [7, 11) is 0. The van der Waals surface area contributed by atoms with Gasteiger partial charge in [-0.15, -0.1) is 0 Å². The van der Waals surface area contributed by atoms with E-state index in [1.54, 1.807) is 30.7 Å². The lowest BCUT2D eigenvalue weighted by atomic mass is 9.99. The van der Waals surface area contributed by atoms with Crippen LogP contribution in [0.25, 0.3) is 11.1 Å². The standard InChI is InChI=1S/C20H17FN4/c1-2-19-18(7-3-14-4-8-20(22)25-12-14)17(9-10-23-19)15-5-6-16(11-21)24-13-15/h4-6,8-10,12-13H,2,11H2,1H3,(H2,22,25). The van der Waals surface area contributed by atoms with Crippen LogP contribution in [0.3, 0.4) is 0 Å². The highest BCUT2D eigenvalue weighted by Gasteiger charge is 2.09. The van der Waals surface area contributed by atoms with Crippen molar-refractivity contribution in [3.63, 3.8) is 0 Å². The molecule has 3 aromatic rings. The normalized spacial score (nSPS) is 10.2. The molecule has 0 unspecified atom stereocenters. The molecule has 4 nitrogen and oxygen atoms in total. The van der Waals surface area contributed by atoms with Gasteiger partial charge in [-0.25, -0.2) is 9.37 Å². The van der Waals surface area contributed by atoms with Gasteiger partial charge in [0.05, 0.1) is 17.0 Å². The molecule has 25 heavy (non-hydrogen) atoms. The minimum atomic E-state index is -0.576. The Morgan fingerprint density at radius 1 is 1.00 bits per heavy atom. The summed E-state index contributed by atoms with van der Waals surface area (Å²) >= 11 is 0. The Kier molecular flexibility index (Phi) is 5.00. The van der Waals surface area contributed by atoms with Gasteiger partial charge in [0, 0.05) is 35.3 Å². The van der Waals surface area contributed by atoms with E-state index in [9.17, 15) is 4.39 Å². The van der Waals surface area contributed by atoms with Crippen LogP contribution in [-0.4, -0.2) is 15.0 Å². The zero-order chi connectivity index (χ0) is 17.6. The van der Waals surface area contributed by atoms with Crippen molar-refractivity contribution in [1.82, 2.24) is 15.0 Å². The molecule has 0 spiro atoms. The van der Waals surface area contributed by atoms with Gasteiger partial charge in [0.25, 0.3) is 0 Å². The third-order valence-electron chi connectivity index (χ3n) is 3.76. The van der Waals surface area contributed by atoms with Crippen molar-refractivity contribution in [2.75, 3.05) is 5.73 Å². The maximum atomic E-state index is 12.7. The van der Waals surface area contributed by atoms with Crippen molar-refractivity contribution >= 4 is 5.82 Å². The van der Waals surface area contributed by atoms with Gasteiger partial charge in [-0.3, -0.25) is 9.97 Å². The third kappa shape index (κ3) is 3.81. The van der Waals surface area contributed by atoms with Crippen molar-refractivity contribution in [2.45, 2.75) is 20.0 Å². The molecule has 0 amide bonds. The van der Waals surface area contributed by atoms with E-state index in [4.69, 9.17) is 5.73 Å². The summed E-state index contributed by atoms with van der Waals surface area (Å²) in [6, 6.07) is 8.98. The van der Waals surface area contributed by atoms with Crippen LogP contribution in [0, 0.1) is 11.8 Å². The number of nitrogens with two attached hydrogens (primary N) is 1. The molecule has 2 N–H and O–H groups in total. The SMILES string of the molecule is CCc1nccc(-c2ccc(CF)nc2)c1C#Cc1ccc(N)nc1. The van der Waals surface area contributed by atoms with Crippen molar-refractivity contribution in [2.24, 2.45) is 0 Å². The van der Waals surface area contributed by atoms with Crippen molar-refractivity contribution < 1.29 is 4.39 Å². The van der Waals surface area contributed by atoms with Gasteiger partial charge in [0.2, 0.25) is 0 Å². The van der Waals surface area contributed by atoms with Crippen LogP contribution < -0.4 is 5.73 Å². The lowest BCUT2D eigenvalue weighted by Gasteiger charge is -2.08. The second-order valence-electron chi connectivity index (χ2n) is 5.43. The van der Waals surface area contributed by atoms with Gasteiger partial charge in [-0.1, -0.05) is 24.8 Å². The average Bonchev–Trinajstić information content (AvgIpc) is 2.67. The zero-order valence-electron chi connectivity index (χ0n) is 13.8. The van der Waals surface area contributed by atoms with Gasteiger partial charge >= 0.3 is 0 Å². The second kappa shape index (κ2) is 7.54. The van der Waals surface area contributed by atoms with E-state index >= 15 is 0 Å². The maximum Gasteiger partial charge on any atom is 0.131 e. The molecule has 0 fully saturated rings. The fraction of sp³-hybridized carbons (Fsp3) is 0.150. The predicted octanol–water partition coefficient (Wildman–Crippen LogP) is 3.55. The number of alkyl halides is 1. The quantitative estimate of drug-likeness (QED) is 0.745. The average molecular weight is 332 g/mol. The molecule has 3 heterocycles. The molecule has 0 aromatic carbocycles. The largest absolute Gasteiger partial charge is 0.384 e. The summed E-state index contributed by atoms with van der Waals surface area (Å²) in [5.74, 6) is 6.77. The van der Waals surface area contributed by atoms with Gasteiger partial charge in [0.1, 0.15) is 12.5 Å². The van der Waals surface area contributed by atoms with Crippen molar-refractivity contribution in [1.29, 1.82) is 0 Å².